The Labute approximate surface area is 140 Å². The fourth-order valence-corrected chi connectivity index (χ4v) is 4.77. The molecule has 1 saturated heterocycles. The van der Waals surface area contributed by atoms with E-state index in [0.29, 0.717) is 19.6 Å². The average Bonchev–Trinajstić information content (AvgIpc) is 2.47. The molecule has 1 heterocycles. The van der Waals surface area contributed by atoms with Crippen LogP contribution in [0.4, 0.5) is 4.79 Å². The Balaban J connectivity index is 2.15. The molecule has 2 rings (SSSR count). The van der Waals surface area contributed by atoms with Gasteiger partial charge in [0.15, 0.2) is 0 Å². The van der Waals surface area contributed by atoms with Crippen LogP contribution in [0.25, 0.3) is 0 Å². The lowest BCUT2D eigenvalue weighted by Gasteiger charge is -2.34. The Morgan fingerprint density at radius 1 is 1.18 bits per heavy atom. The molecule has 0 bridgehead atoms. The first-order chi connectivity index (χ1) is 10.4. The summed E-state index contributed by atoms with van der Waals surface area (Å²) in [5.41, 5.74) is 0. The fourth-order valence-electron chi connectivity index (χ4n) is 2.25. The summed E-state index contributed by atoms with van der Waals surface area (Å²) in [6.07, 6.45) is 0. The molecule has 2 amide bonds. The highest BCUT2D eigenvalue weighted by Gasteiger charge is 2.32. The van der Waals surface area contributed by atoms with E-state index in [1.165, 1.54) is 16.4 Å². The van der Waals surface area contributed by atoms with Gasteiger partial charge in [0.2, 0.25) is 10.0 Å². The lowest BCUT2D eigenvalue weighted by molar-refractivity contribution is 0.173. The van der Waals surface area contributed by atoms with E-state index in [9.17, 15) is 13.2 Å². The van der Waals surface area contributed by atoms with Gasteiger partial charge in [0.1, 0.15) is 4.90 Å². The lowest BCUT2D eigenvalue weighted by Crippen LogP contribution is -2.53. The highest BCUT2D eigenvalue weighted by atomic mass is 35.5. The van der Waals surface area contributed by atoms with E-state index in [1.54, 1.807) is 11.0 Å². The number of urea groups is 1. The number of hydrogen-bond acceptors (Lipinski definition) is 3. The van der Waals surface area contributed by atoms with Crippen molar-refractivity contribution in [3.63, 3.8) is 0 Å². The summed E-state index contributed by atoms with van der Waals surface area (Å²) in [5.74, 6) is 0. The monoisotopic (exact) mass is 365 g/mol. The third kappa shape index (κ3) is 3.48. The number of amides is 2. The van der Waals surface area contributed by atoms with Crippen molar-refractivity contribution in [3.05, 3.63) is 28.2 Å². The summed E-state index contributed by atoms with van der Waals surface area (Å²) in [6, 6.07) is 4.39. The molecule has 1 N–H and O–H groups in total. The molecule has 1 fully saturated rings. The SMILES string of the molecule is CCNC(=O)N1CCN(S(=O)(=O)c2c(Cl)cccc2Cl)CC1. The van der Waals surface area contributed by atoms with E-state index in [2.05, 4.69) is 5.32 Å². The van der Waals surface area contributed by atoms with E-state index in [-0.39, 0.29) is 34.1 Å². The molecule has 0 saturated carbocycles. The average molecular weight is 366 g/mol. The van der Waals surface area contributed by atoms with Crippen LogP contribution in [-0.2, 0) is 10.0 Å². The van der Waals surface area contributed by atoms with Crippen LogP contribution in [-0.4, -0.2) is 56.4 Å². The summed E-state index contributed by atoms with van der Waals surface area (Å²) in [6.45, 7) is 3.44. The first kappa shape index (κ1) is 17.3. The van der Waals surface area contributed by atoms with Crippen molar-refractivity contribution >= 4 is 39.3 Å². The Kier molecular flexibility index (Phi) is 5.55. The van der Waals surface area contributed by atoms with Crippen LogP contribution in [0, 0.1) is 0 Å². The Morgan fingerprint density at radius 2 is 1.73 bits per heavy atom. The summed E-state index contributed by atoms with van der Waals surface area (Å²) in [4.78, 5) is 13.2. The molecule has 122 valence electrons. The van der Waals surface area contributed by atoms with Crippen molar-refractivity contribution in [1.82, 2.24) is 14.5 Å². The summed E-state index contributed by atoms with van der Waals surface area (Å²) in [5, 5.41) is 2.89. The third-order valence-corrected chi connectivity index (χ3v) is 6.23. The van der Waals surface area contributed by atoms with E-state index < -0.39 is 10.0 Å². The van der Waals surface area contributed by atoms with Crippen LogP contribution in [0.2, 0.25) is 10.0 Å². The van der Waals surface area contributed by atoms with Gasteiger partial charge in [0.05, 0.1) is 10.0 Å². The quantitative estimate of drug-likeness (QED) is 0.890. The minimum Gasteiger partial charge on any atom is -0.338 e. The minimum atomic E-state index is -3.77. The number of nitrogens with zero attached hydrogens (tertiary/aromatic N) is 2. The molecule has 1 aromatic rings. The van der Waals surface area contributed by atoms with Gasteiger partial charge in [-0.05, 0) is 19.1 Å². The fraction of sp³-hybridized carbons (Fsp3) is 0.462. The third-order valence-electron chi connectivity index (χ3n) is 3.37. The maximum atomic E-state index is 12.7. The van der Waals surface area contributed by atoms with Gasteiger partial charge < -0.3 is 10.2 Å². The number of hydrogen-bond donors (Lipinski definition) is 1. The van der Waals surface area contributed by atoms with Crippen LogP contribution in [0.1, 0.15) is 6.92 Å². The molecular weight excluding hydrogens is 349 g/mol. The van der Waals surface area contributed by atoms with Crippen molar-refractivity contribution < 1.29 is 13.2 Å². The normalized spacial score (nSPS) is 16.6. The van der Waals surface area contributed by atoms with E-state index in [0.717, 1.165) is 0 Å². The smallest absolute Gasteiger partial charge is 0.317 e. The molecule has 1 aromatic carbocycles. The van der Waals surface area contributed by atoms with Crippen LogP contribution in [0.5, 0.6) is 0 Å². The minimum absolute atomic E-state index is 0.0789. The molecule has 0 aromatic heterocycles. The molecule has 0 spiro atoms. The molecule has 0 aliphatic carbocycles. The van der Waals surface area contributed by atoms with Crippen molar-refractivity contribution in [3.8, 4) is 0 Å². The van der Waals surface area contributed by atoms with Gasteiger partial charge in [-0.15, -0.1) is 0 Å². The first-order valence-electron chi connectivity index (χ1n) is 6.85. The molecule has 1 aliphatic rings. The van der Waals surface area contributed by atoms with Gasteiger partial charge in [-0.2, -0.15) is 4.31 Å². The Bertz CT molecular complexity index is 638. The Morgan fingerprint density at radius 3 is 2.23 bits per heavy atom. The lowest BCUT2D eigenvalue weighted by atomic mass is 10.4. The maximum Gasteiger partial charge on any atom is 0.317 e. The topological polar surface area (TPSA) is 69.7 Å². The maximum absolute atomic E-state index is 12.7. The predicted octanol–water partition coefficient (Wildman–Crippen LogP) is 2.03. The second kappa shape index (κ2) is 7.04. The molecule has 0 radical (unpaired) electrons. The molecular formula is C13H17Cl2N3O3S. The van der Waals surface area contributed by atoms with Gasteiger partial charge in [-0.3, -0.25) is 0 Å². The number of benzene rings is 1. The van der Waals surface area contributed by atoms with Crippen LogP contribution in [0.3, 0.4) is 0 Å². The standard InChI is InChI=1S/C13H17Cl2N3O3S/c1-2-16-13(19)17-6-8-18(9-7-17)22(20,21)12-10(14)4-3-5-11(12)15/h3-5H,2,6-9H2,1H3,(H,16,19). The van der Waals surface area contributed by atoms with E-state index in [4.69, 9.17) is 23.2 Å². The van der Waals surface area contributed by atoms with Crippen LogP contribution in [0.15, 0.2) is 23.1 Å². The van der Waals surface area contributed by atoms with Crippen LogP contribution < -0.4 is 5.32 Å². The van der Waals surface area contributed by atoms with Crippen molar-refractivity contribution in [2.24, 2.45) is 0 Å². The van der Waals surface area contributed by atoms with Gasteiger partial charge in [0, 0.05) is 32.7 Å². The second-order valence-corrected chi connectivity index (χ2v) is 7.47. The second-order valence-electron chi connectivity index (χ2n) is 4.78. The molecule has 0 atom stereocenters. The number of carbonyl (C=O) groups is 1. The van der Waals surface area contributed by atoms with Gasteiger partial charge >= 0.3 is 6.03 Å². The molecule has 1 aliphatic heterocycles. The number of piperazine rings is 1. The van der Waals surface area contributed by atoms with Crippen molar-refractivity contribution in [1.29, 1.82) is 0 Å². The number of carbonyl (C=O) groups excluding carboxylic acids is 1. The predicted molar refractivity (Wildman–Crippen MR) is 85.9 cm³/mol. The summed E-state index contributed by atoms with van der Waals surface area (Å²) >= 11 is 12.0. The Hall–Kier alpha value is -1.02. The largest absolute Gasteiger partial charge is 0.338 e. The number of rotatable bonds is 3. The molecule has 0 unspecified atom stereocenters. The zero-order chi connectivity index (χ0) is 16.3. The number of nitrogens with one attached hydrogen (secondary N) is 1. The zero-order valence-corrected chi connectivity index (χ0v) is 14.4. The molecule has 22 heavy (non-hydrogen) atoms. The van der Waals surface area contributed by atoms with E-state index in [1.807, 2.05) is 6.92 Å². The van der Waals surface area contributed by atoms with Crippen molar-refractivity contribution in [2.75, 3.05) is 32.7 Å². The first-order valence-corrected chi connectivity index (χ1v) is 9.04. The van der Waals surface area contributed by atoms with Crippen LogP contribution >= 0.6 is 23.2 Å². The van der Waals surface area contributed by atoms with Gasteiger partial charge in [-0.25, -0.2) is 13.2 Å². The molecule has 9 heteroatoms. The zero-order valence-electron chi connectivity index (χ0n) is 12.1. The summed E-state index contributed by atoms with van der Waals surface area (Å²) in [7, 11) is -3.77. The van der Waals surface area contributed by atoms with Crippen molar-refractivity contribution in [2.45, 2.75) is 11.8 Å². The highest BCUT2D eigenvalue weighted by Crippen LogP contribution is 2.31. The summed E-state index contributed by atoms with van der Waals surface area (Å²) < 4.78 is 26.6. The number of sulfonamides is 1. The van der Waals surface area contributed by atoms with Gasteiger partial charge in [-0.1, -0.05) is 29.3 Å². The van der Waals surface area contributed by atoms with Gasteiger partial charge in [0.25, 0.3) is 0 Å². The van der Waals surface area contributed by atoms with E-state index >= 15 is 0 Å². The molecule has 6 nitrogen and oxygen atoms in total. The number of halogens is 2. The highest BCUT2D eigenvalue weighted by molar-refractivity contribution is 7.89.